The SMILES string of the molecule is C[C@@H](NC(=O)C1CCCNC1)c1ccccc1F. The molecule has 0 bridgehead atoms. The van der Waals surface area contributed by atoms with Crippen molar-refractivity contribution in [1.82, 2.24) is 10.6 Å². The minimum absolute atomic E-state index is 0.00738. The molecule has 0 aliphatic carbocycles. The number of carbonyl (C=O) groups excluding carboxylic acids is 1. The van der Waals surface area contributed by atoms with Crippen molar-refractivity contribution in [3.05, 3.63) is 35.6 Å². The number of nitrogens with one attached hydrogen (secondary N) is 2. The maximum Gasteiger partial charge on any atom is 0.224 e. The Labute approximate surface area is 107 Å². The van der Waals surface area contributed by atoms with Crippen molar-refractivity contribution in [1.29, 1.82) is 0 Å². The lowest BCUT2D eigenvalue weighted by atomic mass is 9.98. The van der Waals surface area contributed by atoms with Crippen LogP contribution in [0.5, 0.6) is 0 Å². The lowest BCUT2D eigenvalue weighted by molar-refractivity contribution is -0.126. The van der Waals surface area contributed by atoms with Crippen molar-refractivity contribution < 1.29 is 9.18 Å². The van der Waals surface area contributed by atoms with Crippen molar-refractivity contribution in [2.75, 3.05) is 13.1 Å². The van der Waals surface area contributed by atoms with E-state index in [-0.39, 0.29) is 23.7 Å². The molecule has 3 nitrogen and oxygen atoms in total. The van der Waals surface area contributed by atoms with Crippen LogP contribution in [-0.4, -0.2) is 19.0 Å². The summed E-state index contributed by atoms with van der Waals surface area (Å²) in [4.78, 5) is 12.0. The fourth-order valence-corrected chi connectivity index (χ4v) is 2.31. The quantitative estimate of drug-likeness (QED) is 0.861. The normalized spacial score (nSPS) is 21.3. The van der Waals surface area contributed by atoms with Gasteiger partial charge in [-0.25, -0.2) is 4.39 Å². The van der Waals surface area contributed by atoms with Gasteiger partial charge in [0.2, 0.25) is 5.91 Å². The summed E-state index contributed by atoms with van der Waals surface area (Å²) in [5, 5.41) is 6.09. The Hall–Kier alpha value is -1.42. The van der Waals surface area contributed by atoms with Crippen molar-refractivity contribution in [3.63, 3.8) is 0 Å². The Kier molecular flexibility index (Phi) is 4.31. The van der Waals surface area contributed by atoms with E-state index in [1.807, 2.05) is 6.92 Å². The zero-order valence-corrected chi connectivity index (χ0v) is 10.6. The minimum Gasteiger partial charge on any atom is -0.349 e. The van der Waals surface area contributed by atoms with Crippen LogP contribution < -0.4 is 10.6 Å². The molecule has 2 rings (SSSR count). The van der Waals surface area contributed by atoms with Crippen LogP contribution in [0.3, 0.4) is 0 Å². The molecule has 1 saturated heterocycles. The third-order valence-electron chi connectivity index (χ3n) is 3.40. The summed E-state index contributed by atoms with van der Waals surface area (Å²) in [5.41, 5.74) is 0.537. The van der Waals surface area contributed by atoms with E-state index in [4.69, 9.17) is 0 Å². The van der Waals surface area contributed by atoms with Gasteiger partial charge < -0.3 is 10.6 Å². The standard InChI is InChI=1S/C14H19FN2O/c1-10(12-6-2-3-7-13(12)15)17-14(18)11-5-4-8-16-9-11/h2-3,6-7,10-11,16H,4-5,8-9H2,1H3,(H,17,18)/t10-,11?/m1/s1. The molecular weight excluding hydrogens is 231 g/mol. The molecule has 1 amide bonds. The molecule has 1 aromatic rings. The van der Waals surface area contributed by atoms with Crippen LogP contribution >= 0.6 is 0 Å². The maximum absolute atomic E-state index is 13.6. The van der Waals surface area contributed by atoms with E-state index in [2.05, 4.69) is 10.6 Å². The lowest BCUT2D eigenvalue weighted by Crippen LogP contribution is -2.41. The molecule has 0 aromatic heterocycles. The third kappa shape index (κ3) is 3.07. The van der Waals surface area contributed by atoms with Gasteiger partial charge in [-0.05, 0) is 32.4 Å². The molecule has 1 aliphatic heterocycles. The zero-order valence-electron chi connectivity index (χ0n) is 10.6. The number of rotatable bonds is 3. The van der Waals surface area contributed by atoms with Gasteiger partial charge in [0.25, 0.3) is 0 Å². The number of carbonyl (C=O) groups is 1. The summed E-state index contributed by atoms with van der Waals surface area (Å²) >= 11 is 0. The van der Waals surface area contributed by atoms with Crippen LogP contribution in [0, 0.1) is 11.7 Å². The highest BCUT2D eigenvalue weighted by molar-refractivity contribution is 5.79. The van der Waals surface area contributed by atoms with Gasteiger partial charge >= 0.3 is 0 Å². The third-order valence-corrected chi connectivity index (χ3v) is 3.40. The molecule has 2 atom stereocenters. The van der Waals surface area contributed by atoms with E-state index in [1.54, 1.807) is 18.2 Å². The second kappa shape index (κ2) is 5.96. The van der Waals surface area contributed by atoms with E-state index < -0.39 is 0 Å². The molecule has 18 heavy (non-hydrogen) atoms. The number of piperidine rings is 1. The number of halogens is 1. The first kappa shape index (κ1) is 13.0. The van der Waals surface area contributed by atoms with Crippen molar-refractivity contribution in [2.24, 2.45) is 5.92 Å². The van der Waals surface area contributed by atoms with Gasteiger partial charge in [-0.1, -0.05) is 18.2 Å². The molecule has 1 aromatic carbocycles. The topological polar surface area (TPSA) is 41.1 Å². The van der Waals surface area contributed by atoms with E-state index >= 15 is 0 Å². The molecule has 2 N–H and O–H groups in total. The van der Waals surface area contributed by atoms with Crippen molar-refractivity contribution in [2.45, 2.75) is 25.8 Å². The predicted molar refractivity (Wildman–Crippen MR) is 68.6 cm³/mol. The van der Waals surface area contributed by atoms with E-state index in [1.165, 1.54) is 6.07 Å². The molecular formula is C14H19FN2O. The smallest absolute Gasteiger partial charge is 0.224 e. The van der Waals surface area contributed by atoms with Gasteiger partial charge in [0.15, 0.2) is 0 Å². The first-order chi connectivity index (χ1) is 8.68. The Balaban J connectivity index is 1.96. The molecule has 0 spiro atoms. The van der Waals surface area contributed by atoms with Crippen molar-refractivity contribution in [3.8, 4) is 0 Å². The van der Waals surface area contributed by atoms with Gasteiger partial charge in [0.05, 0.1) is 12.0 Å². The molecule has 1 unspecified atom stereocenters. The van der Waals surface area contributed by atoms with Crippen LogP contribution in [0.2, 0.25) is 0 Å². The van der Waals surface area contributed by atoms with E-state index in [0.717, 1.165) is 25.9 Å². The highest BCUT2D eigenvalue weighted by Gasteiger charge is 2.23. The number of benzene rings is 1. The number of amides is 1. The van der Waals surface area contributed by atoms with E-state index in [9.17, 15) is 9.18 Å². The van der Waals surface area contributed by atoms with Crippen LogP contribution in [0.25, 0.3) is 0 Å². The van der Waals surface area contributed by atoms with Crippen LogP contribution in [0.4, 0.5) is 4.39 Å². The van der Waals surface area contributed by atoms with Gasteiger partial charge in [0, 0.05) is 12.1 Å². The number of hydrogen-bond acceptors (Lipinski definition) is 2. The molecule has 1 fully saturated rings. The summed E-state index contributed by atoms with van der Waals surface area (Å²) in [6.45, 7) is 3.51. The first-order valence-corrected chi connectivity index (χ1v) is 6.44. The number of hydrogen-bond donors (Lipinski definition) is 2. The molecule has 4 heteroatoms. The second-order valence-electron chi connectivity index (χ2n) is 4.80. The second-order valence-corrected chi connectivity index (χ2v) is 4.80. The molecule has 1 aliphatic rings. The van der Waals surface area contributed by atoms with E-state index in [0.29, 0.717) is 5.56 Å². The summed E-state index contributed by atoms with van der Waals surface area (Å²) < 4.78 is 13.6. The maximum atomic E-state index is 13.6. The van der Waals surface area contributed by atoms with Crippen LogP contribution in [0.1, 0.15) is 31.4 Å². The summed E-state index contributed by atoms with van der Waals surface area (Å²) in [7, 11) is 0. The Bertz CT molecular complexity index is 416. The summed E-state index contributed by atoms with van der Waals surface area (Å²) in [6.07, 6.45) is 1.93. The Morgan fingerprint density at radius 3 is 2.94 bits per heavy atom. The highest BCUT2D eigenvalue weighted by Crippen LogP contribution is 2.18. The average Bonchev–Trinajstić information content (AvgIpc) is 2.40. The minimum atomic E-state index is -0.291. The largest absolute Gasteiger partial charge is 0.349 e. The first-order valence-electron chi connectivity index (χ1n) is 6.44. The summed E-state index contributed by atoms with van der Waals surface area (Å²) in [5.74, 6) is -0.252. The van der Waals surface area contributed by atoms with Gasteiger partial charge in [-0.2, -0.15) is 0 Å². The van der Waals surface area contributed by atoms with Crippen molar-refractivity contribution >= 4 is 5.91 Å². The molecule has 98 valence electrons. The molecule has 1 heterocycles. The van der Waals surface area contributed by atoms with Gasteiger partial charge in [-0.15, -0.1) is 0 Å². The monoisotopic (exact) mass is 250 g/mol. The fraction of sp³-hybridized carbons (Fsp3) is 0.500. The van der Waals surface area contributed by atoms with Gasteiger partial charge in [0.1, 0.15) is 5.82 Å². The Morgan fingerprint density at radius 1 is 1.50 bits per heavy atom. The van der Waals surface area contributed by atoms with Crippen LogP contribution in [0.15, 0.2) is 24.3 Å². The highest BCUT2D eigenvalue weighted by atomic mass is 19.1. The lowest BCUT2D eigenvalue weighted by Gasteiger charge is -2.24. The molecule has 0 saturated carbocycles. The molecule has 0 radical (unpaired) electrons. The zero-order chi connectivity index (χ0) is 13.0. The fourth-order valence-electron chi connectivity index (χ4n) is 2.31. The predicted octanol–water partition coefficient (Wildman–Crippen LogP) is 2.00. The van der Waals surface area contributed by atoms with Gasteiger partial charge in [-0.3, -0.25) is 4.79 Å². The Morgan fingerprint density at radius 2 is 2.28 bits per heavy atom. The van der Waals surface area contributed by atoms with Crippen LogP contribution in [-0.2, 0) is 4.79 Å². The summed E-state index contributed by atoms with van der Waals surface area (Å²) in [6, 6.07) is 6.27. The average molecular weight is 250 g/mol.